The van der Waals surface area contributed by atoms with E-state index >= 15 is 0 Å². The number of carbonyl (C=O) groups is 1. The monoisotopic (exact) mass is 317 g/mol. The van der Waals surface area contributed by atoms with Crippen LogP contribution in [-0.4, -0.2) is 27.6 Å². The van der Waals surface area contributed by atoms with E-state index in [4.69, 9.17) is 16.3 Å². The Hall–Kier alpha value is -2.60. The third kappa shape index (κ3) is 2.48. The fourth-order valence-electron chi connectivity index (χ4n) is 2.34. The molecule has 0 unspecified atom stereocenters. The van der Waals surface area contributed by atoms with Gasteiger partial charge in [0.15, 0.2) is 5.56 Å². The lowest BCUT2D eigenvalue weighted by Gasteiger charge is -2.13. The van der Waals surface area contributed by atoms with Gasteiger partial charge in [-0.2, -0.15) is 0 Å². The summed E-state index contributed by atoms with van der Waals surface area (Å²) in [5.41, 5.74) is 1.52. The van der Waals surface area contributed by atoms with Crippen molar-refractivity contribution < 1.29 is 9.53 Å². The Morgan fingerprint density at radius 1 is 1.41 bits per heavy atom. The van der Waals surface area contributed by atoms with Gasteiger partial charge >= 0.3 is 5.97 Å². The molecule has 2 aliphatic rings. The van der Waals surface area contributed by atoms with E-state index in [-0.39, 0.29) is 5.56 Å². The molecule has 0 amide bonds. The van der Waals surface area contributed by atoms with Crippen LogP contribution in [0.4, 0.5) is 0 Å². The molecule has 3 heterocycles. The van der Waals surface area contributed by atoms with Crippen LogP contribution in [-0.2, 0) is 11.3 Å². The second-order valence-corrected chi connectivity index (χ2v) is 5.10. The second-order valence-electron chi connectivity index (χ2n) is 4.71. The van der Waals surface area contributed by atoms with Crippen molar-refractivity contribution in [2.24, 2.45) is 0 Å². The third-order valence-corrected chi connectivity index (χ3v) is 3.54. The van der Waals surface area contributed by atoms with E-state index in [0.29, 0.717) is 23.1 Å². The highest BCUT2D eigenvalue weighted by molar-refractivity contribution is 6.29. The van der Waals surface area contributed by atoms with Crippen molar-refractivity contribution in [3.63, 3.8) is 0 Å². The van der Waals surface area contributed by atoms with E-state index < -0.39 is 11.5 Å². The van der Waals surface area contributed by atoms with Crippen molar-refractivity contribution in [3.8, 4) is 11.4 Å². The number of carbonyl (C=O) groups excluding carboxylic acids is 1. The quantitative estimate of drug-likeness (QED) is 0.593. The minimum atomic E-state index is -0.662. The molecular formula is C15H12ClN3O3. The number of ether oxygens (including phenoxy) is 1. The molecule has 0 radical (unpaired) electrons. The van der Waals surface area contributed by atoms with E-state index in [0.717, 1.165) is 5.56 Å². The number of hydrogen-bond acceptors (Lipinski definition) is 4. The topological polar surface area (TPSA) is 77.0 Å². The summed E-state index contributed by atoms with van der Waals surface area (Å²) in [6, 6.07) is 7.06. The summed E-state index contributed by atoms with van der Waals surface area (Å²) in [5, 5.41) is 0.408. The van der Waals surface area contributed by atoms with Crippen molar-refractivity contribution >= 4 is 17.6 Å². The van der Waals surface area contributed by atoms with Gasteiger partial charge in [-0.15, -0.1) is 0 Å². The van der Waals surface area contributed by atoms with Crippen molar-refractivity contribution in [3.05, 3.63) is 63.3 Å². The SMILES string of the molecule is COC(=O)c1c2n(Cc3ccc(Cl)nc3)cccc-2[nH]c1=O. The summed E-state index contributed by atoms with van der Waals surface area (Å²) in [4.78, 5) is 30.6. The van der Waals surface area contributed by atoms with Gasteiger partial charge in [0.25, 0.3) is 5.56 Å². The molecule has 3 rings (SSSR count). The molecule has 1 aromatic heterocycles. The number of halogens is 1. The Balaban J connectivity index is 2.11. The molecule has 7 heteroatoms. The zero-order chi connectivity index (χ0) is 15.7. The van der Waals surface area contributed by atoms with Crippen LogP contribution in [0, 0.1) is 0 Å². The number of H-pyrrole nitrogens is 1. The molecular weight excluding hydrogens is 306 g/mol. The van der Waals surface area contributed by atoms with Gasteiger partial charge in [0.05, 0.1) is 18.5 Å². The minimum absolute atomic E-state index is 0.0000210. The van der Waals surface area contributed by atoms with Crippen molar-refractivity contribution in [1.82, 2.24) is 14.5 Å². The number of pyridine rings is 2. The maximum atomic E-state index is 12.0. The number of aromatic amines is 1. The van der Waals surface area contributed by atoms with Crippen molar-refractivity contribution in [2.45, 2.75) is 6.54 Å². The summed E-state index contributed by atoms with van der Waals surface area (Å²) in [6.07, 6.45) is 3.44. The summed E-state index contributed by atoms with van der Waals surface area (Å²) >= 11 is 5.77. The highest BCUT2D eigenvalue weighted by Crippen LogP contribution is 2.23. The predicted octanol–water partition coefficient (Wildman–Crippen LogP) is 2.16. The Morgan fingerprint density at radius 3 is 2.91 bits per heavy atom. The van der Waals surface area contributed by atoms with Crippen LogP contribution in [0.1, 0.15) is 15.9 Å². The van der Waals surface area contributed by atoms with E-state index in [1.807, 2.05) is 6.07 Å². The Morgan fingerprint density at radius 2 is 2.23 bits per heavy atom. The standard InChI is InChI=1S/C15H12ClN3O3/c1-22-15(21)12-13-10(18-14(12)20)3-2-6-19(13)8-9-4-5-11(16)17-7-9/h2-7H,8H2,1H3,(H,18,20). The number of rotatable bonds is 3. The summed E-state index contributed by atoms with van der Waals surface area (Å²) < 4.78 is 6.50. The number of aromatic nitrogens is 3. The molecule has 0 aliphatic carbocycles. The second kappa shape index (κ2) is 5.65. The molecule has 0 fully saturated rings. The number of nitrogens with zero attached hydrogens (tertiary/aromatic N) is 2. The highest BCUT2D eigenvalue weighted by atomic mass is 35.5. The van der Waals surface area contributed by atoms with Gasteiger partial charge in [-0.3, -0.25) is 4.79 Å². The van der Waals surface area contributed by atoms with Crippen LogP contribution >= 0.6 is 11.6 Å². The minimum Gasteiger partial charge on any atom is -0.465 e. The average molecular weight is 318 g/mol. The van der Waals surface area contributed by atoms with Gasteiger partial charge in [-0.1, -0.05) is 17.7 Å². The third-order valence-electron chi connectivity index (χ3n) is 3.31. The first kappa shape index (κ1) is 14.3. The maximum absolute atomic E-state index is 12.0. The highest BCUT2D eigenvalue weighted by Gasteiger charge is 2.24. The van der Waals surface area contributed by atoms with Gasteiger partial charge in [0, 0.05) is 18.9 Å². The first-order valence-corrected chi connectivity index (χ1v) is 6.88. The smallest absolute Gasteiger partial charge is 0.345 e. The van der Waals surface area contributed by atoms with Crippen LogP contribution < -0.4 is 5.56 Å². The summed E-state index contributed by atoms with van der Waals surface area (Å²) in [6.45, 7) is 0.447. The first-order valence-electron chi connectivity index (χ1n) is 6.50. The Kier molecular flexibility index (Phi) is 3.68. The lowest BCUT2D eigenvalue weighted by molar-refractivity contribution is 0.0599. The Labute approximate surface area is 130 Å². The van der Waals surface area contributed by atoms with Crippen molar-refractivity contribution in [1.29, 1.82) is 0 Å². The van der Waals surface area contributed by atoms with Crippen LogP contribution in [0.25, 0.3) is 11.4 Å². The van der Waals surface area contributed by atoms with E-state index in [1.165, 1.54) is 7.11 Å². The normalized spacial score (nSPS) is 10.8. The van der Waals surface area contributed by atoms with E-state index in [9.17, 15) is 9.59 Å². The lowest BCUT2D eigenvalue weighted by atomic mass is 10.1. The molecule has 0 spiro atoms. The number of methoxy groups -OCH3 is 1. The number of esters is 1. The molecule has 0 atom stereocenters. The number of fused-ring (bicyclic) bond motifs is 1. The number of nitrogens with one attached hydrogen (secondary N) is 1. The van der Waals surface area contributed by atoms with Gasteiger partial charge < -0.3 is 14.3 Å². The summed E-state index contributed by atoms with van der Waals surface area (Å²) in [5.74, 6) is -0.662. The maximum Gasteiger partial charge on any atom is 0.345 e. The lowest BCUT2D eigenvalue weighted by Crippen LogP contribution is -2.16. The molecule has 6 nitrogen and oxygen atoms in total. The first-order chi connectivity index (χ1) is 10.6. The predicted molar refractivity (Wildman–Crippen MR) is 81.4 cm³/mol. The molecule has 1 N–H and O–H groups in total. The van der Waals surface area contributed by atoms with Crippen molar-refractivity contribution in [2.75, 3.05) is 7.11 Å². The van der Waals surface area contributed by atoms with Gasteiger partial charge in [0.2, 0.25) is 0 Å². The van der Waals surface area contributed by atoms with Crippen LogP contribution in [0.3, 0.4) is 0 Å². The zero-order valence-electron chi connectivity index (χ0n) is 11.7. The zero-order valence-corrected chi connectivity index (χ0v) is 12.4. The molecule has 1 aromatic rings. The Bertz CT molecular complexity index is 851. The largest absolute Gasteiger partial charge is 0.465 e. The molecule has 0 saturated heterocycles. The van der Waals surface area contributed by atoms with Crippen LogP contribution in [0.2, 0.25) is 5.15 Å². The molecule has 22 heavy (non-hydrogen) atoms. The van der Waals surface area contributed by atoms with E-state index in [1.54, 1.807) is 35.2 Å². The molecule has 0 saturated carbocycles. The van der Waals surface area contributed by atoms with Crippen LogP contribution in [0.5, 0.6) is 0 Å². The van der Waals surface area contributed by atoms with Gasteiger partial charge in [0.1, 0.15) is 5.15 Å². The molecule has 0 aromatic carbocycles. The molecule has 2 aliphatic heterocycles. The van der Waals surface area contributed by atoms with Crippen LogP contribution in [0.15, 0.2) is 41.5 Å². The van der Waals surface area contributed by atoms with Gasteiger partial charge in [-0.05, 0) is 23.8 Å². The number of hydrogen-bond donors (Lipinski definition) is 1. The molecule has 0 bridgehead atoms. The average Bonchev–Trinajstić information content (AvgIpc) is 2.86. The van der Waals surface area contributed by atoms with Gasteiger partial charge in [-0.25, -0.2) is 9.78 Å². The fourth-order valence-corrected chi connectivity index (χ4v) is 2.45. The molecule has 112 valence electrons. The summed E-state index contributed by atoms with van der Waals surface area (Å²) in [7, 11) is 1.25. The fraction of sp³-hybridized carbons (Fsp3) is 0.133. The van der Waals surface area contributed by atoms with E-state index in [2.05, 4.69) is 9.97 Å².